The molecule has 3 nitrogen and oxygen atoms in total. The van der Waals surface area contributed by atoms with Gasteiger partial charge in [-0.15, -0.1) is 0 Å². The van der Waals surface area contributed by atoms with E-state index in [1.165, 1.54) is 54.2 Å². The number of rotatable bonds is 7. The minimum absolute atomic E-state index is 1.11. The summed E-state index contributed by atoms with van der Waals surface area (Å²) in [7, 11) is 0. The topological polar surface area (TPSA) is 11.4 Å². The zero-order chi connectivity index (χ0) is 39.5. The number of fused-ring (bicyclic) bond motifs is 8. The largest absolute Gasteiger partial charge is 0.310 e. The normalized spacial score (nSPS) is 11.6. The van der Waals surface area contributed by atoms with Gasteiger partial charge >= 0.3 is 0 Å². The van der Waals surface area contributed by atoms with E-state index >= 15 is 0 Å². The van der Waals surface area contributed by atoms with E-state index in [1.54, 1.807) is 0 Å². The molecule has 0 aliphatic heterocycles. The molecule has 59 heavy (non-hydrogen) atoms. The van der Waals surface area contributed by atoms with E-state index in [9.17, 15) is 0 Å². The number of hydrogen-bond donors (Lipinski definition) is 0. The summed E-state index contributed by atoms with van der Waals surface area (Å²) in [5, 5.41) is 9.74. The molecule has 280 valence electrons. The Bertz CT molecular complexity index is 3140. The minimum atomic E-state index is 1.11. The Morgan fingerprint density at radius 3 is 1.19 bits per heavy atom. The quantitative estimate of drug-likeness (QED) is 0.160. The Kier molecular flexibility index (Phi) is 8.27. The van der Waals surface area contributed by atoms with E-state index in [1.807, 2.05) is 0 Å². The second-order valence-corrected chi connectivity index (χ2v) is 15.6. The number of hydrogen-bond acceptors (Lipinski definition) is 2. The van der Waals surface area contributed by atoms with Gasteiger partial charge in [-0.05, 0) is 108 Å². The van der Waals surface area contributed by atoms with Crippen molar-refractivity contribution in [3.8, 4) is 5.69 Å². The Balaban J connectivity index is 1.32. The molecule has 0 aliphatic rings. The van der Waals surface area contributed by atoms with Crippen LogP contribution >= 0.6 is 0 Å². The van der Waals surface area contributed by atoms with Gasteiger partial charge in [-0.25, -0.2) is 0 Å². The lowest BCUT2D eigenvalue weighted by Crippen LogP contribution is -2.11. The number of nitrogens with zero attached hydrogens (tertiary/aromatic N) is 3. The number of aromatic nitrogens is 1. The van der Waals surface area contributed by atoms with Gasteiger partial charge in [0, 0.05) is 50.0 Å². The van der Waals surface area contributed by atoms with E-state index in [0.29, 0.717) is 0 Å². The maximum absolute atomic E-state index is 2.51. The molecule has 0 fully saturated rings. The lowest BCUT2D eigenvalue weighted by molar-refractivity contribution is 1.18. The molecule has 1 aromatic heterocycles. The van der Waals surface area contributed by atoms with Gasteiger partial charge in [-0.2, -0.15) is 0 Å². The van der Waals surface area contributed by atoms with Crippen LogP contribution in [0.25, 0.3) is 59.8 Å². The van der Waals surface area contributed by atoms with Crippen LogP contribution in [0.1, 0.15) is 11.1 Å². The van der Waals surface area contributed by atoms with Crippen LogP contribution in [0.2, 0.25) is 0 Å². The van der Waals surface area contributed by atoms with Crippen molar-refractivity contribution < 1.29 is 0 Å². The van der Waals surface area contributed by atoms with Crippen LogP contribution in [-0.2, 0) is 0 Å². The predicted octanol–water partition coefficient (Wildman–Crippen LogP) is 15.8. The highest BCUT2D eigenvalue weighted by atomic mass is 15.2. The van der Waals surface area contributed by atoms with Crippen LogP contribution in [0.3, 0.4) is 0 Å². The third-order valence-corrected chi connectivity index (χ3v) is 11.8. The molecule has 11 aromatic rings. The highest BCUT2D eigenvalue weighted by Crippen LogP contribution is 2.50. The summed E-state index contributed by atoms with van der Waals surface area (Å²) in [5.41, 5.74) is 12.6. The summed E-state index contributed by atoms with van der Waals surface area (Å²) in [6.07, 6.45) is 0. The molecule has 0 atom stereocenters. The monoisotopic (exact) mass is 755 g/mol. The number of para-hydroxylation sites is 2. The second-order valence-electron chi connectivity index (χ2n) is 15.6. The standard InChI is InChI=1S/C56H41N3/c1-38-25-30-44(31-26-38)57(42-17-5-3-6-18-42)51-36-53-55(49-23-13-11-21-47(49)51)56-50-24-14-12-22-48(50)52(58(43-19-7-4-8-20-43)45-32-27-39(2)28-33-45)37-54(56)59(53)46-34-29-40-15-9-10-16-41(40)35-46/h3-37H,1-2H3. The van der Waals surface area contributed by atoms with Gasteiger partial charge in [0.1, 0.15) is 0 Å². The lowest BCUT2D eigenvalue weighted by atomic mass is 9.96. The molecule has 0 amide bonds. The summed E-state index contributed by atoms with van der Waals surface area (Å²) in [6.45, 7) is 4.30. The molecule has 0 N–H and O–H groups in total. The zero-order valence-electron chi connectivity index (χ0n) is 33.0. The molecule has 0 radical (unpaired) electrons. The highest BCUT2D eigenvalue weighted by Gasteiger charge is 2.25. The SMILES string of the molecule is Cc1ccc(N(c2ccccc2)c2cc3c(c4ccccc24)c2c4ccccc4c(N(c4ccccc4)c4ccc(C)cc4)cc2n3-c2ccc3ccccc3c2)cc1. The fourth-order valence-electron chi connectivity index (χ4n) is 9.05. The van der Waals surface area contributed by atoms with Crippen molar-refractivity contribution in [1.29, 1.82) is 0 Å². The Hall–Kier alpha value is -7.62. The number of aryl methyl sites for hydroxylation is 2. The summed E-state index contributed by atoms with van der Waals surface area (Å²) < 4.78 is 2.51. The molecule has 0 bridgehead atoms. The first-order chi connectivity index (χ1) is 29.1. The van der Waals surface area contributed by atoms with Crippen molar-refractivity contribution in [3.05, 3.63) is 223 Å². The minimum Gasteiger partial charge on any atom is -0.310 e. The first-order valence-electron chi connectivity index (χ1n) is 20.4. The molecule has 1 heterocycles. The average molecular weight is 756 g/mol. The predicted molar refractivity (Wildman–Crippen MR) is 252 cm³/mol. The molecular formula is C56H41N3. The van der Waals surface area contributed by atoms with Crippen LogP contribution in [0.4, 0.5) is 34.1 Å². The third-order valence-electron chi connectivity index (χ3n) is 11.8. The van der Waals surface area contributed by atoms with E-state index < -0.39 is 0 Å². The maximum Gasteiger partial charge on any atom is 0.0568 e. The van der Waals surface area contributed by atoms with Gasteiger partial charge in [0.15, 0.2) is 0 Å². The molecule has 0 aliphatic carbocycles. The van der Waals surface area contributed by atoms with Gasteiger partial charge in [-0.3, -0.25) is 0 Å². The van der Waals surface area contributed by atoms with E-state index in [-0.39, 0.29) is 0 Å². The maximum atomic E-state index is 2.51. The van der Waals surface area contributed by atoms with Crippen molar-refractivity contribution in [1.82, 2.24) is 4.57 Å². The molecule has 0 spiro atoms. The summed E-state index contributed by atoms with van der Waals surface area (Å²) in [5.74, 6) is 0. The molecule has 0 saturated heterocycles. The molecule has 10 aromatic carbocycles. The average Bonchev–Trinajstić information content (AvgIpc) is 3.63. The number of anilines is 6. The first-order valence-corrected chi connectivity index (χ1v) is 20.4. The molecular weight excluding hydrogens is 715 g/mol. The van der Waals surface area contributed by atoms with Crippen LogP contribution in [0, 0.1) is 13.8 Å². The zero-order valence-corrected chi connectivity index (χ0v) is 33.0. The summed E-state index contributed by atoms with van der Waals surface area (Å²) in [6, 6.07) is 77.7. The third kappa shape index (κ3) is 5.82. The van der Waals surface area contributed by atoms with Crippen LogP contribution in [-0.4, -0.2) is 4.57 Å². The van der Waals surface area contributed by atoms with Gasteiger partial charge < -0.3 is 14.4 Å². The highest BCUT2D eigenvalue weighted by molar-refractivity contribution is 6.32. The Morgan fingerprint density at radius 1 is 0.322 bits per heavy atom. The second kappa shape index (κ2) is 14.1. The fourth-order valence-corrected chi connectivity index (χ4v) is 9.05. The lowest BCUT2D eigenvalue weighted by Gasteiger charge is -2.27. The van der Waals surface area contributed by atoms with Crippen LogP contribution in [0.15, 0.2) is 212 Å². The molecule has 11 rings (SSSR count). The fraction of sp³-hybridized carbons (Fsp3) is 0.0357. The van der Waals surface area contributed by atoms with Crippen molar-refractivity contribution >= 4 is 88.2 Å². The Labute approximate surface area is 344 Å². The summed E-state index contributed by atoms with van der Waals surface area (Å²) >= 11 is 0. The van der Waals surface area contributed by atoms with E-state index in [0.717, 1.165) is 50.8 Å². The first kappa shape index (κ1) is 34.6. The van der Waals surface area contributed by atoms with E-state index in [2.05, 4.69) is 241 Å². The molecule has 0 saturated carbocycles. The van der Waals surface area contributed by atoms with Crippen molar-refractivity contribution in [2.24, 2.45) is 0 Å². The molecule has 0 unspecified atom stereocenters. The van der Waals surface area contributed by atoms with Crippen molar-refractivity contribution in [2.45, 2.75) is 13.8 Å². The van der Waals surface area contributed by atoms with Gasteiger partial charge in [-0.1, -0.05) is 151 Å². The Morgan fingerprint density at radius 2 is 0.712 bits per heavy atom. The number of benzene rings is 10. The summed E-state index contributed by atoms with van der Waals surface area (Å²) in [4.78, 5) is 4.84. The van der Waals surface area contributed by atoms with Crippen LogP contribution < -0.4 is 9.80 Å². The van der Waals surface area contributed by atoms with Crippen molar-refractivity contribution in [2.75, 3.05) is 9.80 Å². The van der Waals surface area contributed by atoms with Crippen molar-refractivity contribution in [3.63, 3.8) is 0 Å². The van der Waals surface area contributed by atoms with Gasteiger partial charge in [0.2, 0.25) is 0 Å². The van der Waals surface area contributed by atoms with E-state index in [4.69, 9.17) is 0 Å². The van der Waals surface area contributed by atoms with Gasteiger partial charge in [0.05, 0.1) is 22.4 Å². The smallest absolute Gasteiger partial charge is 0.0568 e. The van der Waals surface area contributed by atoms with Crippen LogP contribution in [0.5, 0.6) is 0 Å². The van der Waals surface area contributed by atoms with Gasteiger partial charge in [0.25, 0.3) is 0 Å². The molecule has 3 heteroatoms.